The first-order valence-corrected chi connectivity index (χ1v) is 5.56. The SMILES string of the molecule is CC1OCCC1CNC(=O)CC(C)(C)N. The predicted octanol–water partition coefficient (Wildman–Crippen LogP) is 0.655. The molecule has 0 aliphatic carbocycles. The van der Waals surface area contributed by atoms with Gasteiger partial charge in [0.2, 0.25) is 5.91 Å². The molecule has 0 bridgehead atoms. The first-order valence-electron chi connectivity index (χ1n) is 5.56. The molecule has 3 N–H and O–H groups in total. The van der Waals surface area contributed by atoms with Crippen molar-refractivity contribution >= 4 is 5.91 Å². The monoisotopic (exact) mass is 214 g/mol. The fourth-order valence-electron chi connectivity index (χ4n) is 1.77. The number of hydrogen-bond donors (Lipinski definition) is 2. The summed E-state index contributed by atoms with van der Waals surface area (Å²) in [6, 6.07) is 0. The van der Waals surface area contributed by atoms with Crippen molar-refractivity contribution in [3.05, 3.63) is 0 Å². The fourth-order valence-corrected chi connectivity index (χ4v) is 1.77. The van der Waals surface area contributed by atoms with E-state index in [-0.39, 0.29) is 12.0 Å². The van der Waals surface area contributed by atoms with E-state index >= 15 is 0 Å². The van der Waals surface area contributed by atoms with E-state index in [9.17, 15) is 4.79 Å². The molecule has 1 fully saturated rings. The quantitative estimate of drug-likeness (QED) is 0.722. The van der Waals surface area contributed by atoms with Crippen LogP contribution >= 0.6 is 0 Å². The Balaban J connectivity index is 2.22. The van der Waals surface area contributed by atoms with Crippen LogP contribution in [0.2, 0.25) is 0 Å². The van der Waals surface area contributed by atoms with Gasteiger partial charge in [-0.2, -0.15) is 0 Å². The van der Waals surface area contributed by atoms with Crippen LogP contribution in [0.1, 0.15) is 33.6 Å². The van der Waals surface area contributed by atoms with Crippen LogP contribution in [0, 0.1) is 5.92 Å². The lowest BCUT2D eigenvalue weighted by molar-refractivity contribution is -0.122. The molecule has 0 saturated carbocycles. The Hall–Kier alpha value is -0.610. The molecule has 4 heteroatoms. The zero-order valence-corrected chi connectivity index (χ0v) is 9.88. The standard InChI is InChI=1S/C11H22N2O2/c1-8-9(4-5-15-8)7-13-10(14)6-11(2,3)12/h8-9H,4-7,12H2,1-3H3,(H,13,14). The summed E-state index contributed by atoms with van der Waals surface area (Å²) in [7, 11) is 0. The van der Waals surface area contributed by atoms with Crippen LogP contribution in [-0.4, -0.2) is 30.7 Å². The van der Waals surface area contributed by atoms with E-state index in [0.717, 1.165) is 13.0 Å². The summed E-state index contributed by atoms with van der Waals surface area (Å²) < 4.78 is 5.42. The zero-order chi connectivity index (χ0) is 11.5. The predicted molar refractivity (Wildman–Crippen MR) is 59.4 cm³/mol. The average molecular weight is 214 g/mol. The van der Waals surface area contributed by atoms with Crippen LogP contribution in [0.4, 0.5) is 0 Å². The summed E-state index contributed by atoms with van der Waals surface area (Å²) in [6.07, 6.45) is 1.67. The Kier molecular flexibility index (Phi) is 4.11. The summed E-state index contributed by atoms with van der Waals surface area (Å²) in [5, 5.41) is 2.91. The number of carbonyl (C=O) groups excluding carboxylic acids is 1. The molecule has 1 saturated heterocycles. The highest BCUT2D eigenvalue weighted by Gasteiger charge is 2.25. The van der Waals surface area contributed by atoms with Gasteiger partial charge in [-0.25, -0.2) is 0 Å². The second kappa shape index (κ2) is 4.94. The van der Waals surface area contributed by atoms with Crippen LogP contribution < -0.4 is 11.1 Å². The first kappa shape index (κ1) is 12.5. The number of carbonyl (C=O) groups is 1. The zero-order valence-electron chi connectivity index (χ0n) is 9.88. The van der Waals surface area contributed by atoms with Crippen molar-refractivity contribution in [3.63, 3.8) is 0 Å². The van der Waals surface area contributed by atoms with Crippen molar-refractivity contribution in [1.29, 1.82) is 0 Å². The van der Waals surface area contributed by atoms with Gasteiger partial charge in [-0.1, -0.05) is 0 Å². The molecule has 0 aromatic carbocycles. The van der Waals surface area contributed by atoms with Crippen LogP contribution in [0.5, 0.6) is 0 Å². The van der Waals surface area contributed by atoms with Gasteiger partial charge in [0, 0.05) is 31.0 Å². The fraction of sp³-hybridized carbons (Fsp3) is 0.909. The molecule has 88 valence electrons. The number of nitrogens with two attached hydrogens (primary N) is 1. The van der Waals surface area contributed by atoms with Gasteiger partial charge in [0.05, 0.1) is 6.10 Å². The second-order valence-electron chi connectivity index (χ2n) is 5.09. The number of nitrogens with one attached hydrogen (secondary N) is 1. The van der Waals surface area contributed by atoms with Gasteiger partial charge in [-0.15, -0.1) is 0 Å². The first-order chi connectivity index (χ1) is 6.88. The largest absolute Gasteiger partial charge is 0.378 e. The number of amides is 1. The second-order valence-corrected chi connectivity index (χ2v) is 5.09. The molecular formula is C11H22N2O2. The van der Waals surface area contributed by atoms with Gasteiger partial charge in [-0.3, -0.25) is 4.79 Å². The molecule has 1 amide bonds. The van der Waals surface area contributed by atoms with Gasteiger partial charge in [0.1, 0.15) is 0 Å². The summed E-state index contributed by atoms with van der Waals surface area (Å²) in [6.45, 7) is 7.28. The third-order valence-electron chi connectivity index (χ3n) is 2.71. The maximum absolute atomic E-state index is 11.5. The third kappa shape index (κ3) is 4.62. The molecule has 15 heavy (non-hydrogen) atoms. The van der Waals surface area contributed by atoms with Crippen molar-refractivity contribution < 1.29 is 9.53 Å². The normalized spacial score (nSPS) is 26.7. The van der Waals surface area contributed by atoms with Crippen molar-refractivity contribution in [2.24, 2.45) is 11.7 Å². The molecular weight excluding hydrogens is 192 g/mol. The summed E-state index contributed by atoms with van der Waals surface area (Å²) in [4.78, 5) is 11.5. The van der Waals surface area contributed by atoms with Gasteiger partial charge in [0.15, 0.2) is 0 Å². The van der Waals surface area contributed by atoms with E-state index < -0.39 is 5.54 Å². The van der Waals surface area contributed by atoms with Crippen molar-refractivity contribution in [2.75, 3.05) is 13.2 Å². The maximum atomic E-state index is 11.5. The number of hydrogen-bond acceptors (Lipinski definition) is 3. The summed E-state index contributed by atoms with van der Waals surface area (Å²) >= 11 is 0. The third-order valence-corrected chi connectivity index (χ3v) is 2.71. The van der Waals surface area contributed by atoms with Crippen molar-refractivity contribution in [2.45, 2.75) is 45.3 Å². The highest BCUT2D eigenvalue weighted by molar-refractivity contribution is 5.77. The molecule has 1 aliphatic heterocycles. The number of rotatable bonds is 4. The van der Waals surface area contributed by atoms with E-state index in [1.165, 1.54) is 0 Å². The van der Waals surface area contributed by atoms with Gasteiger partial charge >= 0.3 is 0 Å². The Morgan fingerprint density at radius 2 is 2.27 bits per heavy atom. The van der Waals surface area contributed by atoms with E-state index in [1.54, 1.807) is 0 Å². The molecule has 2 unspecified atom stereocenters. The Labute approximate surface area is 91.5 Å². The molecule has 0 spiro atoms. The minimum absolute atomic E-state index is 0.0293. The van der Waals surface area contributed by atoms with Crippen LogP contribution in [0.25, 0.3) is 0 Å². The van der Waals surface area contributed by atoms with Gasteiger partial charge < -0.3 is 15.8 Å². The van der Waals surface area contributed by atoms with E-state index in [0.29, 0.717) is 18.9 Å². The van der Waals surface area contributed by atoms with E-state index in [1.807, 2.05) is 13.8 Å². The molecule has 1 aliphatic rings. The van der Waals surface area contributed by atoms with E-state index in [2.05, 4.69) is 12.2 Å². The lowest BCUT2D eigenvalue weighted by Gasteiger charge is -2.19. The minimum Gasteiger partial charge on any atom is -0.378 e. The minimum atomic E-state index is -0.429. The highest BCUT2D eigenvalue weighted by atomic mass is 16.5. The van der Waals surface area contributed by atoms with Crippen LogP contribution in [0.3, 0.4) is 0 Å². The molecule has 1 rings (SSSR count). The lowest BCUT2D eigenvalue weighted by atomic mass is 10.0. The van der Waals surface area contributed by atoms with Gasteiger partial charge in [-0.05, 0) is 27.2 Å². The van der Waals surface area contributed by atoms with Crippen LogP contribution in [-0.2, 0) is 9.53 Å². The van der Waals surface area contributed by atoms with Crippen LogP contribution in [0.15, 0.2) is 0 Å². The molecule has 4 nitrogen and oxygen atoms in total. The molecule has 0 aromatic rings. The molecule has 0 aromatic heterocycles. The van der Waals surface area contributed by atoms with E-state index in [4.69, 9.17) is 10.5 Å². The Bertz CT molecular complexity index is 223. The van der Waals surface area contributed by atoms with Crippen molar-refractivity contribution in [1.82, 2.24) is 5.32 Å². The Morgan fingerprint density at radius 3 is 2.73 bits per heavy atom. The lowest BCUT2D eigenvalue weighted by Crippen LogP contribution is -2.40. The topological polar surface area (TPSA) is 64.3 Å². The molecule has 0 radical (unpaired) electrons. The van der Waals surface area contributed by atoms with Crippen molar-refractivity contribution in [3.8, 4) is 0 Å². The molecule has 2 atom stereocenters. The smallest absolute Gasteiger partial charge is 0.221 e. The highest BCUT2D eigenvalue weighted by Crippen LogP contribution is 2.19. The summed E-state index contributed by atoms with van der Waals surface area (Å²) in [5.74, 6) is 0.483. The maximum Gasteiger partial charge on any atom is 0.221 e. The Morgan fingerprint density at radius 1 is 1.60 bits per heavy atom. The molecule has 1 heterocycles. The van der Waals surface area contributed by atoms with Gasteiger partial charge in [0.25, 0.3) is 0 Å². The number of ether oxygens (including phenoxy) is 1. The average Bonchev–Trinajstić information content (AvgIpc) is 2.44. The summed E-state index contributed by atoms with van der Waals surface area (Å²) in [5.41, 5.74) is 5.33.